The van der Waals surface area contributed by atoms with E-state index in [2.05, 4.69) is 15.6 Å². The van der Waals surface area contributed by atoms with E-state index in [0.717, 1.165) is 18.4 Å². The van der Waals surface area contributed by atoms with Crippen LogP contribution in [0.5, 0.6) is 0 Å². The van der Waals surface area contributed by atoms with Crippen LogP contribution < -0.4 is 10.6 Å². The predicted octanol–water partition coefficient (Wildman–Crippen LogP) is 2.73. The zero-order valence-corrected chi connectivity index (χ0v) is 10.5. The number of rotatable bonds is 3. The van der Waals surface area contributed by atoms with E-state index in [1.165, 1.54) is 24.8 Å². The van der Waals surface area contributed by atoms with Gasteiger partial charge < -0.3 is 10.6 Å². The summed E-state index contributed by atoms with van der Waals surface area (Å²) in [5, 5.41) is 5.59. The highest BCUT2D eigenvalue weighted by Gasteiger charge is 2.05. The highest BCUT2D eigenvalue weighted by Crippen LogP contribution is 2.21. The smallest absolute Gasteiger partial charge is 0.319 e. The summed E-state index contributed by atoms with van der Waals surface area (Å²) in [4.78, 5) is 15.6. The third-order valence-electron chi connectivity index (χ3n) is 3.08. The van der Waals surface area contributed by atoms with E-state index in [1.807, 2.05) is 18.3 Å². The topological polar surface area (TPSA) is 54.0 Å². The number of carbonyl (C=O) groups excluding carboxylic acids is 1. The first-order valence-electron chi connectivity index (χ1n) is 6.46. The number of allylic oxidation sites excluding steroid dienone is 1. The Morgan fingerprint density at radius 1 is 1.33 bits per heavy atom. The summed E-state index contributed by atoms with van der Waals surface area (Å²) in [5.74, 6) is 0. The van der Waals surface area contributed by atoms with Crippen LogP contribution in [0.15, 0.2) is 36.3 Å². The van der Waals surface area contributed by atoms with Crippen molar-refractivity contribution in [2.75, 3.05) is 0 Å². The minimum atomic E-state index is -0.156. The largest absolute Gasteiger partial charge is 0.334 e. The van der Waals surface area contributed by atoms with Crippen LogP contribution >= 0.6 is 0 Å². The molecule has 96 valence electrons. The molecule has 1 aromatic rings. The molecule has 0 radical (unpaired) electrons. The lowest BCUT2D eigenvalue weighted by Gasteiger charge is -2.13. The van der Waals surface area contributed by atoms with Crippen LogP contribution in [-0.4, -0.2) is 11.0 Å². The summed E-state index contributed by atoms with van der Waals surface area (Å²) >= 11 is 0. The van der Waals surface area contributed by atoms with Gasteiger partial charge >= 0.3 is 6.03 Å². The molecule has 0 aliphatic heterocycles. The second-order valence-corrected chi connectivity index (χ2v) is 4.55. The maximum absolute atomic E-state index is 11.6. The molecule has 1 aromatic heterocycles. The Labute approximate surface area is 108 Å². The van der Waals surface area contributed by atoms with Crippen molar-refractivity contribution in [2.24, 2.45) is 0 Å². The van der Waals surface area contributed by atoms with Crippen molar-refractivity contribution < 1.29 is 4.79 Å². The standard InChI is InChI=1S/C14H19N3O/c18-14(16-10-12-5-2-1-3-6-12)17-11-13-7-4-8-15-9-13/h4,7-10H,1-3,5-6,11H2,(H2,16,17,18). The summed E-state index contributed by atoms with van der Waals surface area (Å²) in [6.07, 6.45) is 11.3. The Kier molecular flexibility index (Phi) is 4.76. The zero-order valence-electron chi connectivity index (χ0n) is 10.5. The molecule has 2 amide bonds. The molecule has 1 aliphatic rings. The summed E-state index contributed by atoms with van der Waals surface area (Å²) in [7, 11) is 0. The van der Waals surface area contributed by atoms with Crippen LogP contribution in [0.1, 0.15) is 37.7 Å². The third kappa shape index (κ3) is 4.20. The quantitative estimate of drug-likeness (QED) is 0.860. The number of hydrogen-bond donors (Lipinski definition) is 2. The Balaban J connectivity index is 1.72. The van der Waals surface area contributed by atoms with Crippen molar-refractivity contribution in [3.63, 3.8) is 0 Å². The van der Waals surface area contributed by atoms with Crippen molar-refractivity contribution in [3.8, 4) is 0 Å². The van der Waals surface area contributed by atoms with Gasteiger partial charge in [-0.1, -0.05) is 18.1 Å². The minimum absolute atomic E-state index is 0.156. The number of hydrogen-bond acceptors (Lipinski definition) is 2. The molecule has 0 unspecified atom stereocenters. The third-order valence-corrected chi connectivity index (χ3v) is 3.08. The highest BCUT2D eigenvalue weighted by atomic mass is 16.2. The fourth-order valence-corrected chi connectivity index (χ4v) is 2.05. The number of pyridine rings is 1. The molecule has 1 fully saturated rings. The fraction of sp³-hybridized carbons (Fsp3) is 0.429. The second-order valence-electron chi connectivity index (χ2n) is 4.55. The average Bonchev–Trinajstić information content (AvgIpc) is 2.45. The van der Waals surface area contributed by atoms with Crippen molar-refractivity contribution in [1.29, 1.82) is 0 Å². The average molecular weight is 245 g/mol. The van der Waals surface area contributed by atoms with Crippen LogP contribution in [0.4, 0.5) is 4.79 Å². The summed E-state index contributed by atoms with van der Waals surface area (Å²) in [6, 6.07) is 3.64. The lowest BCUT2D eigenvalue weighted by molar-refractivity contribution is 0.243. The minimum Gasteiger partial charge on any atom is -0.334 e. The van der Waals surface area contributed by atoms with Gasteiger partial charge in [0.2, 0.25) is 0 Å². The molecule has 0 aromatic carbocycles. The van der Waals surface area contributed by atoms with Gasteiger partial charge in [-0.05, 0) is 37.3 Å². The molecule has 1 aliphatic carbocycles. The van der Waals surface area contributed by atoms with Crippen LogP contribution in [0.25, 0.3) is 0 Å². The van der Waals surface area contributed by atoms with Gasteiger partial charge in [0.05, 0.1) is 0 Å². The van der Waals surface area contributed by atoms with E-state index in [-0.39, 0.29) is 6.03 Å². The molecule has 0 spiro atoms. The van der Waals surface area contributed by atoms with Crippen LogP contribution in [0, 0.1) is 0 Å². The van der Waals surface area contributed by atoms with Gasteiger partial charge in [0, 0.05) is 25.1 Å². The van der Waals surface area contributed by atoms with Crippen molar-refractivity contribution in [1.82, 2.24) is 15.6 Å². The molecule has 4 nitrogen and oxygen atoms in total. The SMILES string of the molecule is O=C(NC=C1CCCCC1)NCc1cccnc1. The molecule has 18 heavy (non-hydrogen) atoms. The number of carbonyl (C=O) groups is 1. The van der Waals surface area contributed by atoms with Crippen LogP contribution in [0.3, 0.4) is 0 Å². The van der Waals surface area contributed by atoms with Crippen molar-refractivity contribution >= 4 is 6.03 Å². The summed E-state index contributed by atoms with van der Waals surface area (Å²) in [5.41, 5.74) is 2.34. The Morgan fingerprint density at radius 2 is 2.17 bits per heavy atom. The van der Waals surface area contributed by atoms with E-state index in [1.54, 1.807) is 12.4 Å². The predicted molar refractivity (Wildman–Crippen MR) is 70.8 cm³/mol. The van der Waals surface area contributed by atoms with Crippen molar-refractivity contribution in [2.45, 2.75) is 38.6 Å². The number of amides is 2. The molecule has 0 atom stereocenters. The molecule has 0 bridgehead atoms. The van der Waals surface area contributed by atoms with E-state index in [9.17, 15) is 4.79 Å². The number of nitrogens with zero attached hydrogens (tertiary/aromatic N) is 1. The highest BCUT2D eigenvalue weighted by molar-refractivity contribution is 5.74. The first-order valence-corrected chi connectivity index (χ1v) is 6.46. The van der Waals surface area contributed by atoms with Crippen LogP contribution in [-0.2, 0) is 6.54 Å². The molecule has 1 heterocycles. The number of aromatic nitrogens is 1. The van der Waals surface area contributed by atoms with E-state index < -0.39 is 0 Å². The molecular formula is C14H19N3O. The Morgan fingerprint density at radius 3 is 2.89 bits per heavy atom. The second kappa shape index (κ2) is 6.79. The van der Waals surface area contributed by atoms with Gasteiger partial charge in [0.1, 0.15) is 0 Å². The first kappa shape index (κ1) is 12.6. The zero-order chi connectivity index (χ0) is 12.6. The van der Waals surface area contributed by atoms with Gasteiger partial charge in [-0.3, -0.25) is 4.98 Å². The van der Waals surface area contributed by atoms with Crippen molar-refractivity contribution in [3.05, 3.63) is 41.9 Å². The lowest BCUT2D eigenvalue weighted by atomic mass is 9.96. The molecular weight excluding hydrogens is 226 g/mol. The van der Waals surface area contributed by atoms with Crippen LogP contribution in [0.2, 0.25) is 0 Å². The summed E-state index contributed by atoms with van der Waals surface area (Å²) < 4.78 is 0. The van der Waals surface area contributed by atoms with Gasteiger partial charge in [0.25, 0.3) is 0 Å². The maximum Gasteiger partial charge on any atom is 0.319 e. The first-order chi connectivity index (χ1) is 8.84. The van der Waals surface area contributed by atoms with Gasteiger partial charge in [-0.25, -0.2) is 4.79 Å². The Bertz CT molecular complexity index is 406. The number of nitrogens with one attached hydrogen (secondary N) is 2. The fourth-order valence-electron chi connectivity index (χ4n) is 2.05. The van der Waals surface area contributed by atoms with E-state index in [4.69, 9.17) is 0 Å². The van der Waals surface area contributed by atoms with Gasteiger partial charge in [0.15, 0.2) is 0 Å². The Hall–Kier alpha value is -1.84. The molecule has 4 heteroatoms. The number of urea groups is 1. The molecule has 0 saturated heterocycles. The molecule has 1 saturated carbocycles. The normalized spacial score (nSPS) is 15.0. The van der Waals surface area contributed by atoms with Gasteiger partial charge in [-0.15, -0.1) is 0 Å². The summed E-state index contributed by atoms with van der Waals surface area (Å²) in [6.45, 7) is 0.503. The molecule has 2 rings (SSSR count). The molecule has 2 N–H and O–H groups in total. The maximum atomic E-state index is 11.6. The monoisotopic (exact) mass is 245 g/mol. The lowest BCUT2D eigenvalue weighted by Crippen LogP contribution is -2.32. The van der Waals surface area contributed by atoms with E-state index in [0.29, 0.717) is 6.54 Å². The van der Waals surface area contributed by atoms with Gasteiger partial charge in [-0.2, -0.15) is 0 Å². The van der Waals surface area contributed by atoms with E-state index >= 15 is 0 Å².